The second-order valence-corrected chi connectivity index (χ2v) is 19.0. The van der Waals surface area contributed by atoms with E-state index < -0.39 is 8.32 Å². The van der Waals surface area contributed by atoms with Gasteiger partial charge >= 0.3 is 5.97 Å². The van der Waals surface area contributed by atoms with Crippen LogP contribution in [0.4, 0.5) is 0 Å². The van der Waals surface area contributed by atoms with Crippen LogP contribution >= 0.6 is 0 Å². The quantitative estimate of drug-likeness (QED) is 0.288. The highest BCUT2D eigenvalue weighted by atomic mass is 28.4. The molecule has 0 bridgehead atoms. The van der Waals surface area contributed by atoms with Crippen LogP contribution in [0.3, 0.4) is 0 Å². The molecule has 4 aliphatic rings. The lowest BCUT2D eigenvalue weighted by atomic mass is 9.49. The first-order valence-corrected chi connectivity index (χ1v) is 16.3. The number of methoxy groups -OCH3 is 1. The van der Waals surface area contributed by atoms with Crippen molar-refractivity contribution in [3.63, 3.8) is 0 Å². The third-order valence-corrected chi connectivity index (χ3v) is 17.5. The molecule has 0 N–H and O–H groups in total. The van der Waals surface area contributed by atoms with Crippen LogP contribution in [-0.4, -0.2) is 39.8 Å². The Labute approximate surface area is 210 Å². The number of esters is 1. The lowest BCUT2D eigenvalue weighted by Gasteiger charge is -2.57. The molecule has 34 heavy (non-hydrogen) atoms. The normalized spacial score (nSPS) is 40.1. The van der Waals surface area contributed by atoms with E-state index in [0.29, 0.717) is 40.5 Å². The molecule has 3 aliphatic carbocycles. The molecule has 0 spiro atoms. The highest BCUT2D eigenvalue weighted by Crippen LogP contribution is 2.64. The number of carbonyl (C=O) groups is 1. The Morgan fingerprint density at radius 1 is 0.941 bits per heavy atom. The van der Waals surface area contributed by atoms with Gasteiger partial charge in [-0.05, 0) is 78.3 Å². The second kappa shape index (κ2) is 9.32. The number of hydrogen-bond acceptors (Lipinski definition) is 4. The third-order valence-electron chi connectivity index (χ3n) is 11.4. The van der Waals surface area contributed by atoms with Gasteiger partial charge in [0, 0.05) is 24.1 Å². The minimum Gasteiger partial charge on any atom is -0.469 e. The average molecular weight is 490 g/mol. The minimum absolute atomic E-state index is 0.0143. The first kappa shape index (κ1) is 26.4. The summed E-state index contributed by atoms with van der Waals surface area (Å²) >= 11 is 0. The van der Waals surface area contributed by atoms with Gasteiger partial charge in [-0.15, -0.1) is 0 Å². The molecule has 194 valence electrons. The number of aliphatic imine (C=N–C) groups is 1. The summed E-state index contributed by atoms with van der Waals surface area (Å²) in [4.78, 5) is 17.9. The van der Waals surface area contributed by atoms with Gasteiger partial charge in [-0.25, -0.2) is 0 Å². The van der Waals surface area contributed by atoms with Crippen molar-refractivity contribution in [1.29, 1.82) is 0 Å². The molecular formula is C29H51NO3Si. The van der Waals surface area contributed by atoms with E-state index in [1.165, 1.54) is 25.0 Å². The van der Waals surface area contributed by atoms with Crippen molar-refractivity contribution in [2.24, 2.45) is 39.5 Å². The van der Waals surface area contributed by atoms with Gasteiger partial charge in [0.2, 0.25) is 8.32 Å². The molecule has 5 heteroatoms. The predicted molar refractivity (Wildman–Crippen MR) is 143 cm³/mol. The summed E-state index contributed by atoms with van der Waals surface area (Å²) in [5, 5.41) is 0. The molecule has 4 rings (SSSR count). The molecule has 0 radical (unpaired) electrons. The Morgan fingerprint density at radius 3 is 2.18 bits per heavy atom. The maximum absolute atomic E-state index is 12.6. The Kier molecular flexibility index (Phi) is 7.23. The van der Waals surface area contributed by atoms with Gasteiger partial charge in [0.25, 0.3) is 0 Å². The van der Waals surface area contributed by atoms with Crippen molar-refractivity contribution in [2.75, 3.05) is 13.7 Å². The van der Waals surface area contributed by atoms with Crippen molar-refractivity contribution in [3.8, 4) is 0 Å². The van der Waals surface area contributed by atoms with E-state index in [-0.39, 0.29) is 22.7 Å². The van der Waals surface area contributed by atoms with E-state index in [0.717, 1.165) is 32.2 Å². The van der Waals surface area contributed by atoms with E-state index in [4.69, 9.17) is 14.2 Å². The van der Waals surface area contributed by atoms with E-state index >= 15 is 0 Å². The lowest BCUT2D eigenvalue weighted by molar-refractivity contribution is -0.152. The zero-order chi connectivity index (χ0) is 25.1. The van der Waals surface area contributed by atoms with E-state index in [2.05, 4.69) is 55.4 Å². The van der Waals surface area contributed by atoms with Crippen LogP contribution in [-0.2, 0) is 14.0 Å². The molecule has 4 nitrogen and oxygen atoms in total. The number of nitrogens with zero attached hydrogens (tertiary/aromatic N) is 1. The summed E-state index contributed by atoms with van der Waals surface area (Å²) in [6.45, 7) is 20.2. The smallest absolute Gasteiger partial charge is 0.309 e. The van der Waals surface area contributed by atoms with Gasteiger partial charge < -0.3 is 9.16 Å². The molecule has 1 aliphatic heterocycles. The van der Waals surface area contributed by atoms with Crippen LogP contribution in [0.5, 0.6) is 0 Å². The first-order valence-electron chi connectivity index (χ1n) is 14.2. The van der Waals surface area contributed by atoms with Crippen LogP contribution in [0.15, 0.2) is 4.99 Å². The zero-order valence-electron chi connectivity index (χ0n) is 23.4. The number of ether oxygens (including phenoxy) is 1. The summed E-state index contributed by atoms with van der Waals surface area (Å²) in [5.74, 6) is 2.02. The SMILES string of the molecule is COC(=O)[C@H]1CC[C@H]2[C@@H]3CN=C4C[C@@H](O[Si](C(C)C)(C(C)C)C(C)C)CC[C@]4(C)[C@H]3CC[C@]12C. The molecular weight excluding hydrogens is 438 g/mol. The fourth-order valence-electron chi connectivity index (χ4n) is 9.68. The number of fused-ring (bicyclic) bond motifs is 5. The summed E-state index contributed by atoms with van der Waals surface area (Å²) in [5.41, 5.74) is 3.63. The summed E-state index contributed by atoms with van der Waals surface area (Å²) < 4.78 is 12.5. The van der Waals surface area contributed by atoms with Gasteiger partial charge in [0.15, 0.2) is 0 Å². The Morgan fingerprint density at radius 2 is 1.59 bits per heavy atom. The molecule has 0 amide bonds. The third kappa shape index (κ3) is 3.86. The van der Waals surface area contributed by atoms with Gasteiger partial charge in [0.05, 0.1) is 19.1 Å². The van der Waals surface area contributed by atoms with Crippen molar-refractivity contribution in [2.45, 2.75) is 123 Å². The van der Waals surface area contributed by atoms with E-state index in [1.54, 1.807) is 7.11 Å². The highest BCUT2D eigenvalue weighted by molar-refractivity contribution is 6.77. The monoisotopic (exact) mass is 489 g/mol. The van der Waals surface area contributed by atoms with Crippen LogP contribution in [0.1, 0.15) is 100 Å². The number of hydrogen-bond donors (Lipinski definition) is 0. The van der Waals surface area contributed by atoms with Crippen LogP contribution < -0.4 is 0 Å². The van der Waals surface area contributed by atoms with Gasteiger partial charge in [-0.2, -0.15) is 0 Å². The highest BCUT2D eigenvalue weighted by Gasteiger charge is 2.61. The summed E-state index contributed by atoms with van der Waals surface area (Å²) in [6, 6.07) is 0. The number of rotatable bonds is 6. The van der Waals surface area contributed by atoms with Gasteiger partial charge in [-0.3, -0.25) is 9.79 Å². The molecule has 0 saturated heterocycles. The van der Waals surface area contributed by atoms with Crippen LogP contribution in [0, 0.1) is 34.5 Å². The standard InChI is InChI=1S/C29H51NO3Si/c1-18(2)34(19(3)4,20(5)6)33-21-12-14-29(8)24-13-15-28(7)23(10-11-25(28)27(31)32-9)22(24)17-30-26(29)16-21/h18-25H,10-17H2,1-9H3/t21-,22-,23-,24-,25+,28-,29+/m0/s1. The zero-order valence-corrected chi connectivity index (χ0v) is 24.4. The van der Waals surface area contributed by atoms with E-state index in [9.17, 15) is 4.79 Å². The average Bonchev–Trinajstić information content (AvgIpc) is 3.13. The van der Waals surface area contributed by atoms with Gasteiger partial charge in [-0.1, -0.05) is 55.4 Å². The molecule has 0 aromatic carbocycles. The summed E-state index contributed by atoms with van der Waals surface area (Å²) in [7, 11) is -0.325. The number of carbonyl (C=O) groups excluding carboxylic acids is 1. The molecule has 3 fully saturated rings. The topological polar surface area (TPSA) is 47.9 Å². The Hall–Kier alpha value is -0.683. The lowest BCUT2D eigenvalue weighted by Crippen LogP contribution is -2.57. The van der Waals surface area contributed by atoms with Gasteiger partial charge in [0.1, 0.15) is 0 Å². The van der Waals surface area contributed by atoms with Crippen molar-refractivity contribution >= 4 is 20.0 Å². The maximum atomic E-state index is 12.6. The largest absolute Gasteiger partial charge is 0.469 e. The fraction of sp³-hybridized carbons (Fsp3) is 0.931. The fourth-order valence-corrected chi connectivity index (χ4v) is 15.3. The first-order chi connectivity index (χ1) is 15.9. The Bertz CT molecular complexity index is 785. The molecule has 7 atom stereocenters. The van der Waals surface area contributed by atoms with Crippen molar-refractivity contribution in [1.82, 2.24) is 0 Å². The van der Waals surface area contributed by atoms with Crippen molar-refractivity contribution < 1.29 is 14.0 Å². The van der Waals surface area contributed by atoms with Crippen molar-refractivity contribution in [3.05, 3.63) is 0 Å². The molecule has 0 aromatic rings. The predicted octanol–water partition coefficient (Wildman–Crippen LogP) is 7.42. The Balaban J connectivity index is 1.54. The molecule has 0 aromatic heterocycles. The van der Waals surface area contributed by atoms with E-state index in [1.807, 2.05) is 0 Å². The van der Waals surface area contributed by atoms with Crippen LogP contribution in [0.2, 0.25) is 16.6 Å². The van der Waals surface area contributed by atoms with Crippen LogP contribution in [0.25, 0.3) is 0 Å². The summed E-state index contributed by atoms with van der Waals surface area (Å²) in [6.07, 6.45) is 8.30. The molecule has 1 heterocycles. The minimum atomic E-state index is -1.88. The maximum Gasteiger partial charge on any atom is 0.309 e. The molecule has 0 unspecified atom stereocenters. The molecule has 3 saturated carbocycles. The second-order valence-electron chi connectivity index (χ2n) is 13.6.